The van der Waals surface area contributed by atoms with E-state index in [-0.39, 0.29) is 0 Å². The van der Waals surface area contributed by atoms with E-state index in [1.165, 1.54) is 39.0 Å². The first-order chi connectivity index (χ1) is 16.6. The first-order valence-electron chi connectivity index (χ1n) is 11.9. The van der Waals surface area contributed by atoms with Crippen molar-refractivity contribution >= 4 is 11.3 Å². The molecule has 0 atom stereocenters. The van der Waals surface area contributed by atoms with Crippen molar-refractivity contribution < 1.29 is 14.2 Å². The molecule has 2 aliphatic rings. The summed E-state index contributed by atoms with van der Waals surface area (Å²) in [6.45, 7) is 6.82. The van der Waals surface area contributed by atoms with Gasteiger partial charge in [0.25, 0.3) is 0 Å². The molecule has 0 amide bonds. The maximum absolute atomic E-state index is 5.52. The molecule has 0 bridgehead atoms. The van der Waals surface area contributed by atoms with Gasteiger partial charge in [-0.3, -0.25) is 4.90 Å². The molecule has 182 valence electrons. The number of piperazine rings is 1. The molecule has 2 fully saturated rings. The van der Waals surface area contributed by atoms with E-state index >= 15 is 0 Å². The van der Waals surface area contributed by atoms with Gasteiger partial charge in [0.15, 0.2) is 17.1 Å². The van der Waals surface area contributed by atoms with Crippen LogP contribution < -0.4 is 19.1 Å². The summed E-state index contributed by atoms with van der Waals surface area (Å²) in [6, 6.07) is 4.55. The highest BCUT2D eigenvalue weighted by atomic mass is 16.5. The smallest absolute Gasteiger partial charge is 0.203 e. The van der Waals surface area contributed by atoms with Crippen LogP contribution in [0.15, 0.2) is 30.7 Å². The maximum atomic E-state index is 5.52. The van der Waals surface area contributed by atoms with Crippen LogP contribution in [0.1, 0.15) is 12.8 Å². The molecule has 9 nitrogen and oxygen atoms in total. The van der Waals surface area contributed by atoms with Crippen LogP contribution in [-0.4, -0.2) is 98.1 Å². The van der Waals surface area contributed by atoms with Crippen LogP contribution >= 0.6 is 0 Å². The molecule has 9 heteroatoms. The monoisotopic (exact) mass is 466 g/mol. The van der Waals surface area contributed by atoms with Crippen LogP contribution in [0.4, 0.5) is 5.69 Å². The van der Waals surface area contributed by atoms with E-state index in [0.717, 1.165) is 35.6 Å². The first-order valence-corrected chi connectivity index (χ1v) is 11.9. The van der Waals surface area contributed by atoms with E-state index in [1.807, 2.05) is 29.0 Å². The van der Waals surface area contributed by atoms with Crippen LogP contribution in [0, 0.1) is 0 Å². The zero-order valence-corrected chi connectivity index (χ0v) is 20.5. The van der Waals surface area contributed by atoms with Crippen molar-refractivity contribution in [2.24, 2.45) is 0 Å². The Morgan fingerprint density at radius 3 is 2.15 bits per heavy atom. The van der Waals surface area contributed by atoms with Crippen LogP contribution in [0.5, 0.6) is 17.2 Å². The van der Waals surface area contributed by atoms with Gasteiger partial charge in [0.1, 0.15) is 0 Å². The van der Waals surface area contributed by atoms with Crippen molar-refractivity contribution in [2.75, 3.05) is 72.5 Å². The Bertz CT molecular complexity index is 1110. The molecule has 3 aromatic rings. The van der Waals surface area contributed by atoms with Gasteiger partial charge >= 0.3 is 0 Å². The zero-order valence-electron chi connectivity index (χ0n) is 20.5. The molecular weight excluding hydrogens is 432 g/mol. The van der Waals surface area contributed by atoms with E-state index in [0.29, 0.717) is 23.3 Å². The minimum absolute atomic E-state index is 0.570. The number of rotatable bonds is 6. The normalized spacial score (nSPS) is 18.4. The van der Waals surface area contributed by atoms with E-state index in [1.54, 1.807) is 21.3 Å². The number of aromatic nitrogens is 3. The second-order valence-electron chi connectivity index (χ2n) is 9.11. The molecule has 0 saturated carbocycles. The third-order valence-corrected chi connectivity index (χ3v) is 7.20. The fourth-order valence-electron chi connectivity index (χ4n) is 5.14. The van der Waals surface area contributed by atoms with Crippen molar-refractivity contribution in [2.45, 2.75) is 18.9 Å². The van der Waals surface area contributed by atoms with Gasteiger partial charge in [-0.15, -0.1) is 0 Å². The molecule has 2 saturated heterocycles. The van der Waals surface area contributed by atoms with Crippen molar-refractivity contribution in [3.63, 3.8) is 0 Å². The van der Waals surface area contributed by atoms with Crippen molar-refractivity contribution in [3.8, 4) is 28.4 Å². The lowest BCUT2D eigenvalue weighted by molar-refractivity contribution is 0.0982. The number of likely N-dealkylation sites (N-methyl/N-ethyl adjacent to an activating group) is 1. The number of methoxy groups -OCH3 is 3. The van der Waals surface area contributed by atoms with Gasteiger partial charge in [-0.1, -0.05) is 0 Å². The molecule has 0 spiro atoms. The van der Waals surface area contributed by atoms with Crippen LogP contribution in [0.2, 0.25) is 0 Å². The summed E-state index contributed by atoms with van der Waals surface area (Å²) in [4.78, 5) is 12.3. The molecule has 4 heterocycles. The number of fused-ring (bicyclic) bond motifs is 1. The second-order valence-corrected chi connectivity index (χ2v) is 9.11. The average Bonchev–Trinajstić information content (AvgIpc) is 3.31. The second kappa shape index (κ2) is 9.68. The molecule has 5 rings (SSSR count). The van der Waals surface area contributed by atoms with Gasteiger partial charge in [0, 0.05) is 50.9 Å². The number of piperidine rings is 1. The third kappa shape index (κ3) is 4.25. The van der Waals surface area contributed by atoms with Gasteiger partial charge in [0.2, 0.25) is 5.75 Å². The summed E-state index contributed by atoms with van der Waals surface area (Å²) in [5, 5.41) is 4.60. The van der Waals surface area contributed by atoms with Gasteiger partial charge in [-0.2, -0.15) is 5.10 Å². The Labute approximate surface area is 200 Å². The highest BCUT2D eigenvalue weighted by Gasteiger charge is 2.27. The number of hydrogen-bond donors (Lipinski definition) is 0. The van der Waals surface area contributed by atoms with Crippen molar-refractivity contribution in [3.05, 3.63) is 30.7 Å². The van der Waals surface area contributed by atoms with Gasteiger partial charge in [0.05, 0.1) is 45.6 Å². The Hall–Kier alpha value is -3.04. The summed E-state index contributed by atoms with van der Waals surface area (Å²) < 4.78 is 18.4. The summed E-state index contributed by atoms with van der Waals surface area (Å²) in [5.41, 5.74) is 3.74. The lowest BCUT2D eigenvalue weighted by atomic mass is 10.0. The zero-order chi connectivity index (χ0) is 23.7. The van der Waals surface area contributed by atoms with Crippen molar-refractivity contribution in [1.82, 2.24) is 24.4 Å². The summed E-state index contributed by atoms with van der Waals surface area (Å²) in [7, 11) is 7.06. The largest absolute Gasteiger partial charge is 0.493 e. The number of ether oxygens (including phenoxy) is 3. The summed E-state index contributed by atoms with van der Waals surface area (Å²) in [5.74, 6) is 1.78. The summed E-state index contributed by atoms with van der Waals surface area (Å²) >= 11 is 0. The van der Waals surface area contributed by atoms with Crippen LogP contribution in [-0.2, 0) is 0 Å². The predicted molar refractivity (Wildman–Crippen MR) is 132 cm³/mol. The number of anilines is 1. The SMILES string of the molecule is COc1cc(-c2cnn3cc(N4CCC(N5CCN(C)CC5)CC4)cnc23)cc(OC)c1OC. The molecule has 34 heavy (non-hydrogen) atoms. The van der Waals surface area contributed by atoms with E-state index < -0.39 is 0 Å². The molecule has 1 aromatic carbocycles. The van der Waals surface area contributed by atoms with E-state index in [4.69, 9.17) is 19.2 Å². The lowest BCUT2D eigenvalue weighted by Crippen LogP contribution is -2.52. The quantitative estimate of drug-likeness (QED) is 0.549. The van der Waals surface area contributed by atoms with Crippen LogP contribution in [0.3, 0.4) is 0 Å². The maximum Gasteiger partial charge on any atom is 0.203 e. The minimum Gasteiger partial charge on any atom is -0.493 e. The molecule has 2 aromatic heterocycles. The number of hydrogen-bond acceptors (Lipinski definition) is 8. The Balaban J connectivity index is 1.34. The average molecular weight is 467 g/mol. The highest BCUT2D eigenvalue weighted by molar-refractivity contribution is 5.80. The fraction of sp³-hybridized carbons (Fsp3) is 0.520. The molecule has 0 unspecified atom stereocenters. The Kier molecular flexibility index (Phi) is 6.47. The first kappa shape index (κ1) is 22.7. The predicted octanol–water partition coefficient (Wildman–Crippen LogP) is 2.64. The summed E-state index contributed by atoms with van der Waals surface area (Å²) in [6.07, 6.45) is 8.27. The van der Waals surface area contributed by atoms with Gasteiger partial charge < -0.3 is 24.0 Å². The molecular formula is C25H34N6O3. The molecule has 0 aliphatic carbocycles. The fourth-order valence-corrected chi connectivity index (χ4v) is 5.14. The van der Waals surface area contributed by atoms with Gasteiger partial charge in [-0.05, 0) is 37.6 Å². The van der Waals surface area contributed by atoms with E-state index in [9.17, 15) is 0 Å². The standard InChI is InChI=1S/C25H34N6O3/c1-28-9-11-30(12-10-28)19-5-7-29(8-6-19)20-15-26-25-21(16-27-31(25)17-20)18-13-22(32-2)24(34-4)23(14-18)33-3/h13-17,19H,5-12H2,1-4H3. The minimum atomic E-state index is 0.570. The molecule has 2 aliphatic heterocycles. The Morgan fingerprint density at radius 1 is 0.853 bits per heavy atom. The van der Waals surface area contributed by atoms with E-state index in [2.05, 4.69) is 33.0 Å². The lowest BCUT2D eigenvalue weighted by Gasteiger charge is -2.42. The topological polar surface area (TPSA) is 67.6 Å². The van der Waals surface area contributed by atoms with Crippen molar-refractivity contribution in [1.29, 1.82) is 0 Å². The van der Waals surface area contributed by atoms with Crippen LogP contribution in [0.25, 0.3) is 16.8 Å². The highest BCUT2D eigenvalue weighted by Crippen LogP contribution is 2.41. The number of benzene rings is 1. The molecule has 0 radical (unpaired) electrons. The Morgan fingerprint density at radius 2 is 1.53 bits per heavy atom. The van der Waals surface area contributed by atoms with Gasteiger partial charge in [-0.25, -0.2) is 9.50 Å². The third-order valence-electron chi connectivity index (χ3n) is 7.20. The molecule has 0 N–H and O–H groups in total. The number of nitrogens with zero attached hydrogens (tertiary/aromatic N) is 6.